The van der Waals surface area contributed by atoms with Gasteiger partial charge in [-0.15, -0.1) is 0 Å². The summed E-state index contributed by atoms with van der Waals surface area (Å²) >= 11 is 1.72. The van der Waals surface area contributed by atoms with E-state index in [-0.39, 0.29) is 0 Å². The molecule has 0 saturated carbocycles. The first-order chi connectivity index (χ1) is 10.3. The van der Waals surface area contributed by atoms with Crippen LogP contribution in [0.5, 0.6) is 5.75 Å². The van der Waals surface area contributed by atoms with Crippen molar-refractivity contribution in [3.05, 3.63) is 18.2 Å². The first-order valence-electron chi connectivity index (χ1n) is 7.37. The molecule has 0 aliphatic rings. The minimum atomic E-state index is 0.675. The number of nitrogens with one attached hydrogen (secondary N) is 2. The number of imidazole rings is 1. The predicted octanol–water partition coefficient (Wildman–Crippen LogP) is 2.68. The lowest BCUT2D eigenvalue weighted by molar-refractivity contribution is 0.150. The number of hydrogen-bond acceptors (Lipinski definition) is 5. The van der Waals surface area contributed by atoms with E-state index in [9.17, 15) is 0 Å². The lowest BCUT2D eigenvalue weighted by Crippen LogP contribution is -2.22. The van der Waals surface area contributed by atoms with Crippen molar-refractivity contribution in [3.63, 3.8) is 0 Å². The topological polar surface area (TPSA) is 59.2 Å². The Hall–Kier alpha value is -1.24. The molecule has 0 unspecified atom stereocenters. The van der Waals surface area contributed by atoms with Crippen LogP contribution < -0.4 is 10.1 Å². The van der Waals surface area contributed by atoms with Crippen molar-refractivity contribution in [2.24, 2.45) is 0 Å². The van der Waals surface area contributed by atoms with Crippen molar-refractivity contribution in [1.82, 2.24) is 15.3 Å². The molecule has 21 heavy (non-hydrogen) atoms. The maximum Gasteiger partial charge on any atom is 0.166 e. The zero-order valence-corrected chi connectivity index (χ0v) is 13.5. The zero-order valence-electron chi connectivity index (χ0n) is 12.6. The van der Waals surface area contributed by atoms with Crippen LogP contribution in [0.25, 0.3) is 11.0 Å². The molecule has 116 valence electrons. The predicted molar refractivity (Wildman–Crippen MR) is 87.3 cm³/mol. The van der Waals surface area contributed by atoms with Crippen molar-refractivity contribution in [1.29, 1.82) is 0 Å². The third-order valence-electron chi connectivity index (χ3n) is 2.89. The fraction of sp³-hybridized carbons (Fsp3) is 0.533. The normalized spacial score (nSPS) is 11.1. The molecule has 0 aliphatic carbocycles. The Morgan fingerprint density at radius 2 is 2.14 bits per heavy atom. The molecule has 0 fully saturated rings. The van der Waals surface area contributed by atoms with E-state index in [1.807, 2.05) is 32.0 Å². The van der Waals surface area contributed by atoms with Crippen LogP contribution in [0.4, 0.5) is 0 Å². The molecule has 1 heterocycles. The van der Waals surface area contributed by atoms with Gasteiger partial charge in [-0.25, -0.2) is 4.98 Å². The molecular weight excluding hydrogens is 286 g/mol. The zero-order chi connectivity index (χ0) is 14.9. The molecule has 0 amide bonds. The van der Waals surface area contributed by atoms with Crippen LogP contribution >= 0.6 is 11.8 Å². The Morgan fingerprint density at radius 3 is 2.95 bits per heavy atom. The first-order valence-corrected chi connectivity index (χ1v) is 8.36. The molecule has 0 atom stereocenters. The molecule has 0 radical (unpaired) electrons. The molecule has 0 bridgehead atoms. The summed E-state index contributed by atoms with van der Waals surface area (Å²) in [5.74, 6) is 1.85. The Morgan fingerprint density at radius 1 is 1.24 bits per heavy atom. The van der Waals surface area contributed by atoms with Crippen molar-refractivity contribution < 1.29 is 9.47 Å². The summed E-state index contributed by atoms with van der Waals surface area (Å²) in [5.41, 5.74) is 2.00. The molecule has 2 N–H and O–H groups in total. The van der Waals surface area contributed by atoms with E-state index in [4.69, 9.17) is 9.47 Å². The first kappa shape index (κ1) is 16.1. The van der Waals surface area contributed by atoms with Crippen molar-refractivity contribution in [2.75, 3.05) is 38.7 Å². The number of rotatable bonds is 10. The van der Waals surface area contributed by atoms with Gasteiger partial charge in [0.05, 0.1) is 24.2 Å². The van der Waals surface area contributed by atoms with Gasteiger partial charge in [-0.05, 0) is 26.0 Å². The van der Waals surface area contributed by atoms with E-state index in [0.717, 1.165) is 54.0 Å². The minimum Gasteiger partial charge on any atom is -0.494 e. The van der Waals surface area contributed by atoms with Gasteiger partial charge < -0.3 is 19.8 Å². The highest BCUT2D eigenvalue weighted by Crippen LogP contribution is 2.23. The van der Waals surface area contributed by atoms with Gasteiger partial charge in [0.1, 0.15) is 5.75 Å². The Labute approximate surface area is 129 Å². The highest BCUT2D eigenvalue weighted by Gasteiger charge is 2.04. The second-order valence-corrected chi connectivity index (χ2v) is 5.53. The van der Waals surface area contributed by atoms with Gasteiger partial charge in [-0.3, -0.25) is 0 Å². The van der Waals surface area contributed by atoms with Crippen LogP contribution in [0.15, 0.2) is 23.4 Å². The third-order valence-corrected chi connectivity index (χ3v) is 3.76. The minimum absolute atomic E-state index is 0.675. The fourth-order valence-corrected chi connectivity index (χ4v) is 2.71. The number of ether oxygens (including phenoxy) is 2. The maximum absolute atomic E-state index is 5.49. The van der Waals surface area contributed by atoms with E-state index < -0.39 is 0 Å². The van der Waals surface area contributed by atoms with Gasteiger partial charge in [0.2, 0.25) is 0 Å². The smallest absolute Gasteiger partial charge is 0.166 e. The number of aromatic amines is 1. The number of aromatic nitrogens is 2. The lowest BCUT2D eigenvalue weighted by atomic mass is 10.3. The second kappa shape index (κ2) is 8.92. The number of thioether (sulfide) groups is 1. The van der Waals surface area contributed by atoms with Crippen LogP contribution in [0.3, 0.4) is 0 Å². The highest BCUT2D eigenvalue weighted by molar-refractivity contribution is 7.99. The average Bonchev–Trinajstić information content (AvgIpc) is 2.88. The van der Waals surface area contributed by atoms with E-state index in [2.05, 4.69) is 15.3 Å². The van der Waals surface area contributed by atoms with Gasteiger partial charge in [0, 0.05) is 31.5 Å². The number of hydrogen-bond donors (Lipinski definition) is 2. The monoisotopic (exact) mass is 309 g/mol. The van der Waals surface area contributed by atoms with Crippen LogP contribution in [0.1, 0.15) is 13.8 Å². The number of benzene rings is 1. The quantitative estimate of drug-likeness (QED) is 0.522. The SMILES string of the molecule is CCOCCNCCSc1nc2ccc(OCC)cc2[nH]1. The van der Waals surface area contributed by atoms with Crippen LogP contribution in [-0.2, 0) is 4.74 Å². The molecule has 1 aromatic heterocycles. The third kappa shape index (κ3) is 5.22. The van der Waals surface area contributed by atoms with Gasteiger partial charge in [-0.1, -0.05) is 11.8 Å². The van der Waals surface area contributed by atoms with E-state index >= 15 is 0 Å². The van der Waals surface area contributed by atoms with Gasteiger partial charge in [0.15, 0.2) is 5.16 Å². The average molecular weight is 309 g/mol. The lowest BCUT2D eigenvalue weighted by Gasteiger charge is -2.03. The number of H-pyrrole nitrogens is 1. The molecule has 6 heteroatoms. The maximum atomic E-state index is 5.49. The molecule has 5 nitrogen and oxygen atoms in total. The Bertz CT molecular complexity index is 545. The van der Waals surface area contributed by atoms with Crippen molar-refractivity contribution in [2.45, 2.75) is 19.0 Å². The van der Waals surface area contributed by atoms with Gasteiger partial charge in [-0.2, -0.15) is 0 Å². The standard InChI is InChI=1S/C15H23N3O2S/c1-3-19-9-7-16-8-10-21-15-17-13-6-5-12(20-4-2)11-14(13)18-15/h5-6,11,16H,3-4,7-10H2,1-2H3,(H,17,18). The van der Waals surface area contributed by atoms with Gasteiger partial charge >= 0.3 is 0 Å². The molecule has 2 rings (SSSR count). The van der Waals surface area contributed by atoms with Crippen LogP contribution in [0, 0.1) is 0 Å². The molecular formula is C15H23N3O2S. The molecule has 0 spiro atoms. The fourth-order valence-electron chi connectivity index (χ4n) is 1.92. The summed E-state index contributed by atoms with van der Waals surface area (Å²) in [6.45, 7) is 8.05. The van der Waals surface area contributed by atoms with Crippen molar-refractivity contribution >= 4 is 22.8 Å². The summed E-state index contributed by atoms with van der Waals surface area (Å²) in [7, 11) is 0. The second-order valence-electron chi connectivity index (χ2n) is 4.45. The Balaban J connectivity index is 1.77. The van der Waals surface area contributed by atoms with E-state index in [1.165, 1.54) is 0 Å². The molecule has 0 saturated heterocycles. The largest absolute Gasteiger partial charge is 0.494 e. The molecule has 2 aromatic rings. The summed E-state index contributed by atoms with van der Waals surface area (Å²) in [5, 5.41) is 4.29. The number of fused-ring (bicyclic) bond motifs is 1. The summed E-state index contributed by atoms with van der Waals surface area (Å²) in [4.78, 5) is 7.89. The summed E-state index contributed by atoms with van der Waals surface area (Å²) in [6, 6.07) is 5.94. The van der Waals surface area contributed by atoms with E-state index in [1.54, 1.807) is 11.8 Å². The summed E-state index contributed by atoms with van der Waals surface area (Å²) in [6.07, 6.45) is 0. The Kier molecular flexibility index (Phi) is 6.85. The van der Waals surface area contributed by atoms with Crippen LogP contribution in [-0.4, -0.2) is 48.6 Å². The van der Waals surface area contributed by atoms with Crippen LogP contribution in [0.2, 0.25) is 0 Å². The summed E-state index contributed by atoms with van der Waals surface area (Å²) < 4.78 is 10.8. The van der Waals surface area contributed by atoms with Crippen molar-refractivity contribution in [3.8, 4) is 5.75 Å². The molecule has 0 aliphatic heterocycles. The molecule has 1 aromatic carbocycles. The van der Waals surface area contributed by atoms with Gasteiger partial charge in [0.25, 0.3) is 0 Å². The highest BCUT2D eigenvalue weighted by atomic mass is 32.2. The number of nitrogens with zero attached hydrogens (tertiary/aromatic N) is 1. The van der Waals surface area contributed by atoms with E-state index in [0.29, 0.717) is 6.61 Å².